The van der Waals surface area contributed by atoms with Gasteiger partial charge in [-0.25, -0.2) is 4.57 Å². The Morgan fingerprint density at radius 1 is 0.429 bits per heavy atom. The summed E-state index contributed by atoms with van der Waals surface area (Å²) in [4.78, 5) is 48.3. The number of carbonyl (C=O) groups is 3. The Labute approximate surface area is 426 Å². The van der Waals surface area contributed by atoms with Gasteiger partial charge in [-0.15, -0.1) is 0 Å². The van der Waals surface area contributed by atoms with Gasteiger partial charge in [0.2, 0.25) is 0 Å². The summed E-state index contributed by atoms with van der Waals surface area (Å²) >= 11 is 0. The van der Waals surface area contributed by atoms with Gasteiger partial charge >= 0.3 is 25.7 Å². The van der Waals surface area contributed by atoms with Gasteiger partial charge in [-0.3, -0.25) is 23.4 Å². The number of aliphatic hydroxyl groups is 1. The van der Waals surface area contributed by atoms with Crippen molar-refractivity contribution in [2.75, 3.05) is 26.4 Å². The van der Waals surface area contributed by atoms with Gasteiger partial charge in [-0.1, -0.05) is 215 Å². The lowest BCUT2D eigenvalue weighted by Crippen LogP contribution is -2.30. The van der Waals surface area contributed by atoms with Gasteiger partial charge in [-0.2, -0.15) is 0 Å². The molecule has 0 aromatic carbocycles. The molecule has 11 nitrogen and oxygen atoms in total. The molecule has 0 aromatic heterocycles. The highest BCUT2D eigenvalue weighted by atomic mass is 31.2. The average Bonchev–Trinajstić information content (AvgIpc) is 3.35. The molecule has 0 heterocycles. The largest absolute Gasteiger partial charge is 0.472 e. The first kappa shape index (κ1) is 66.7. The normalized spacial score (nSPS) is 14.1. The Hall–Kier alpha value is -3.34. The molecule has 0 amide bonds. The highest BCUT2D eigenvalue weighted by Gasteiger charge is 2.28. The third-order valence-electron chi connectivity index (χ3n) is 11.3. The van der Waals surface area contributed by atoms with Crippen molar-refractivity contribution in [3.63, 3.8) is 0 Å². The number of unbranched alkanes of at least 4 members (excludes halogenated alkanes) is 20. The number of aliphatic hydroxyl groups excluding tert-OH is 1. The van der Waals surface area contributed by atoms with Gasteiger partial charge in [0.15, 0.2) is 6.10 Å². The zero-order chi connectivity index (χ0) is 51.3. The Balaban J connectivity index is 4.74. The first-order valence-corrected chi connectivity index (χ1v) is 29.0. The fourth-order valence-corrected chi connectivity index (χ4v) is 7.95. The molecule has 2 N–H and O–H groups in total. The van der Waals surface area contributed by atoms with Crippen molar-refractivity contribution in [2.24, 2.45) is 0 Å². The minimum absolute atomic E-state index is 0.0568. The van der Waals surface area contributed by atoms with Crippen molar-refractivity contribution in [2.45, 2.75) is 238 Å². The van der Waals surface area contributed by atoms with Gasteiger partial charge in [0.1, 0.15) is 12.7 Å². The maximum Gasteiger partial charge on any atom is 0.472 e. The fraction of sp³-hybridized carbons (Fsp3) is 0.707. The first-order chi connectivity index (χ1) is 34.2. The number of allylic oxidation sites excluding steroid dienone is 13. The van der Waals surface area contributed by atoms with E-state index in [1.54, 1.807) is 6.08 Å². The molecule has 3 unspecified atom stereocenters. The zero-order valence-electron chi connectivity index (χ0n) is 44.2. The molecule has 0 bridgehead atoms. The summed E-state index contributed by atoms with van der Waals surface area (Å²) in [5.41, 5.74) is 0. The van der Waals surface area contributed by atoms with Crippen LogP contribution in [0.15, 0.2) is 85.1 Å². The number of phosphoric ester groups is 1. The molecule has 0 saturated carbocycles. The lowest BCUT2D eigenvalue weighted by Gasteiger charge is -2.21. The molecule has 0 aromatic rings. The van der Waals surface area contributed by atoms with Gasteiger partial charge in [-0.05, 0) is 77.0 Å². The van der Waals surface area contributed by atoms with Crippen LogP contribution in [0, 0.1) is 0 Å². The number of esters is 3. The lowest BCUT2D eigenvalue weighted by molar-refractivity contribution is -0.161. The van der Waals surface area contributed by atoms with Gasteiger partial charge < -0.3 is 24.2 Å². The maximum absolute atomic E-state index is 12.9. The summed E-state index contributed by atoms with van der Waals surface area (Å²) in [6.45, 7) is 4.36. The molecule has 0 fully saturated rings. The molecule has 0 spiro atoms. The predicted molar refractivity (Wildman–Crippen MR) is 288 cm³/mol. The van der Waals surface area contributed by atoms with E-state index in [9.17, 15) is 28.9 Å². The standard InChI is InChI=1S/C58H99O11P/c1-4-7-10-13-16-19-21-23-25-26-27-28-30-32-34-37-40-43-46-49-58(62)69-55(51-65-56(60)47-44-41-38-35-18-15-12-9-6-3)53-67-70(63,64)66-52-54(50-59)68-57(61)48-45-42-39-36-33-31-29-24-22-20-17-14-11-8-5-2/h8,11,16-17,19-20,23-25,29,33,36,42,45,54-55,59H,4-7,9-10,12-15,18,21-22,26-28,30-32,34-35,37-41,43-44,46-53H2,1-3H3,(H,63,64)/b11-8-,19-16-,20-17-,25-23-,29-24-,36-33-,45-42-. The van der Waals surface area contributed by atoms with E-state index >= 15 is 0 Å². The second kappa shape index (κ2) is 52.0. The summed E-state index contributed by atoms with van der Waals surface area (Å²) in [7, 11) is -4.77. The molecule has 12 heteroatoms. The Kier molecular flexibility index (Phi) is 49.5. The SMILES string of the molecule is CC/C=C\C/C=C\C/C=C\C/C=C\C/C=C\CC(=O)OC(CO)COP(=O)(O)OCC(COC(=O)CCCCCCCCCCC)OC(=O)CCCCCCCCCCC/C=C\C/C=C\CCCCC. The lowest BCUT2D eigenvalue weighted by atomic mass is 10.1. The van der Waals surface area contributed by atoms with Crippen LogP contribution in [0.5, 0.6) is 0 Å². The van der Waals surface area contributed by atoms with Crippen LogP contribution in [0.25, 0.3) is 0 Å². The molecule has 0 radical (unpaired) electrons. The van der Waals surface area contributed by atoms with Crippen molar-refractivity contribution in [3.8, 4) is 0 Å². The number of carbonyl (C=O) groups excluding carboxylic acids is 3. The highest BCUT2D eigenvalue weighted by molar-refractivity contribution is 7.47. The van der Waals surface area contributed by atoms with Crippen LogP contribution >= 0.6 is 7.82 Å². The molecule has 0 aliphatic heterocycles. The van der Waals surface area contributed by atoms with Crippen LogP contribution in [0.1, 0.15) is 226 Å². The Morgan fingerprint density at radius 3 is 1.29 bits per heavy atom. The number of phosphoric acid groups is 1. The van der Waals surface area contributed by atoms with Crippen LogP contribution in [0.3, 0.4) is 0 Å². The molecule has 70 heavy (non-hydrogen) atoms. The van der Waals surface area contributed by atoms with Crippen LogP contribution in [0.4, 0.5) is 0 Å². The molecule has 0 rings (SSSR count). The van der Waals surface area contributed by atoms with E-state index in [4.69, 9.17) is 23.3 Å². The fourth-order valence-electron chi connectivity index (χ4n) is 7.17. The second-order valence-corrected chi connectivity index (χ2v) is 19.5. The Bertz CT molecular complexity index is 1500. The van der Waals surface area contributed by atoms with Crippen molar-refractivity contribution in [1.29, 1.82) is 0 Å². The predicted octanol–water partition coefficient (Wildman–Crippen LogP) is 15.9. The van der Waals surface area contributed by atoms with Gasteiger partial charge in [0.25, 0.3) is 0 Å². The minimum Gasteiger partial charge on any atom is -0.462 e. The van der Waals surface area contributed by atoms with Crippen molar-refractivity contribution >= 4 is 25.7 Å². The molecular weight excluding hydrogens is 904 g/mol. The smallest absolute Gasteiger partial charge is 0.462 e. The first-order valence-electron chi connectivity index (χ1n) is 27.5. The monoisotopic (exact) mass is 1000 g/mol. The summed E-state index contributed by atoms with van der Waals surface area (Å²) in [5.74, 6) is -1.61. The molecule has 0 aliphatic carbocycles. The Morgan fingerprint density at radius 2 is 0.800 bits per heavy atom. The highest BCUT2D eigenvalue weighted by Crippen LogP contribution is 2.43. The van der Waals surface area contributed by atoms with E-state index in [-0.39, 0.29) is 25.9 Å². The van der Waals surface area contributed by atoms with E-state index in [1.807, 2.05) is 18.2 Å². The average molecular weight is 1000 g/mol. The summed E-state index contributed by atoms with van der Waals surface area (Å²) in [6.07, 6.45) is 58.7. The number of hydrogen-bond donors (Lipinski definition) is 2. The quantitative estimate of drug-likeness (QED) is 0.0197. The van der Waals surface area contributed by atoms with E-state index in [1.165, 1.54) is 89.9 Å². The van der Waals surface area contributed by atoms with Crippen LogP contribution in [-0.2, 0) is 42.2 Å². The third-order valence-corrected chi connectivity index (χ3v) is 12.3. The molecular formula is C58H99O11P. The van der Waals surface area contributed by atoms with E-state index in [0.29, 0.717) is 19.3 Å². The third kappa shape index (κ3) is 49.6. The second-order valence-electron chi connectivity index (χ2n) is 18.0. The van der Waals surface area contributed by atoms with Crippen LogP contribution in [0.2, 0.25) is 0 Å². The van der Waals surface area contributed by atoms with E-state index in [0.717, 1.165) is 77.0 Å². The van der Waals surface area contributed by atoms with Gasteiger partial charge in [0.05, 0.1) is 26.2 Å². The maximum atomic E-state index is 12.9. The summed E-state index contributed by atoms with van der Waals surface area (Å²) in [5, 5.41) is 9.77. The minimum atomic E-state index is -4.77. The summed E-state index contributed by atoms with van der Waals surface area (Å²) < 4.78 is 39.3. The molecule has 402 valence electrons. The topological polar surface area (TPSA) is 155 Å². The molecule has 0 saturated heterocycles. The number of hydrogen-bond acceptors (Lipinski definition) is 10. The van der Waals surface area contributed by atoms with Crippen LogP contribution in [-0.4, -0.2) is 66.5 Å². The number of rotatable bonds is 50. The van der Waals surface area contributed by atoms with Crippen molar-refractivity contribution in [1.82, 2.24) is 0 Å². The summed E-state index contributed by atoms with van der Waals surface area (Å²) in [6, 6.07) is 0. The van der Waals surface area contributed by atoms with E-state index < -0.39 is 57.8 Å². The van der Waals surface area contributed by atoms with Crippen molar-refractivity contribution in [3.05, 3.63) is 85.1 Å². The van der Waals surface area contributed by atoms with E-state index in [2.05, 4.69) is 81.5 Å². The number of ether oxygens (including phenoxy) is 3. The molecule has 3 atom stereocenters. The van der Waals surface area contributed by atoms with Gasteiger partial charge in [0, 0.05) is 12.8 Å². The van der Waals surface area contributed by atoms with Crippen LogP contribution < -0.4 is 0 Å². The van der Waals surface area contributed by atoms with Crippen molar-refractivity contribution < 1.29 is 52.2 Å². The molecule has 0 aliphatic rings. The zero-order valence-corrected chi connectivity index (χ0v) is 45.1.